The molecule has 0 fully saturated rings. The van der Waals surface area contributed by atoms with Gasteiger partial charge in [-0.15, -0.1) is 10.2 Å². The Morgan fingerprint density at radius 1 is 1.06 bits per heavy atom. The van der Waals surface area contributed by atoms with Crippen molar-refractivity contribution in [1.82, 2.24) is 20.1 Å². The molecule has 4 rings (SSSR count). The number of thioether (sulfide) groups is 1. The van der Waals surface area contributed by atoms with E-state index in [1.54, 1.807) is 30.7 Å². The van der Waals surface area contributed by atoms with Crippen LogP contribution in [-0.2, 0) is 11.8 Å². The van der Waals surface area contributed by atoms with E-state index in [0.29, 0.717) is 21.6 Å². The number of nitrogens with zero attached hydrogens (tertiary/aromatic N) is 3. The summed E-state index contributed by atoms with van der Waals surface area (Å²) in [5, 5.41) is 17.5. The van der Waals surface area contributed by atoms with Gasteiger partial charge in [-0.05, 0) is 36.6 Å². The SMILES string of the molecule is C[C@H](NC(=O)c1ccc(Cl)cc1Cl)c1nnc(SCC(=O)Nc2cccc3ccccc23)n1C. The molecule has 1 aromatic heterocycles. The van der Waals surface area contributed by atoms with Crippen molar-refractivity contribution >= 4 is 63.2 Å². The lowest BCUT2D eigenvalue weighted by molar-refractivity contribution is -0.113. The monoisotopic (exact) mass is 513 g/mol. The van der Waals surface area contributed by atoms with Gasteiger partial charge in [0.1, 0.15) is 0 Å². The maximum Gasteiger partial charge on any atom is 0.253 e. The van der Waals surface area contributed by atoms with Crippen molar-refractivity contribution in [3.8, 4) is 0 Å². The highest BCUT2D eigenvalue weighted by Gasteiger charge is 2.20. The van der Waals surface area contributed by atoms with Crippen LogP contribution in [0.5, 0.6) is 0 Å². The van der Waals surface area contributed by atoms with Crippen molar-refractivity contribution < 1.29 is 9.59 Å². The van der Waals surface area contributed by atoms with Crippen molar-refractivity contribution in [2.75, 3.05) is 11.1 Å². The third-order valence-electron chi connectivity index (χ3n) is 5.18. The van der Waals surface area contributed by atoms with Crippen LogP contribution in [0.4, 0.5) is 5.69 Å². The summed E-state index contributed by atoms with van der Waals surface area (Å²) >= 11 is 13.3. The zero-order valence-electron chi connectivity index (χ0n) is 18.4. The first-order valence-electron chi connectivity index (χ1n) is 10.4. The molecule has 2 amide bonds. The van der Waals surface area contributed by atoms with Crippen LogP contribution in [0.25, 0.3) is 10.8 Å². The second kappa shape index (κ2) is 10.5. The quantitative estimate of drug-likeness (QED) is 0.318. The molecule has 2 N–H and O–H groups in total. The second-order valence-corrected chi connectivity index (χ2v) is 9.37. The minimum Gasteiger partial charge on any atom is -0.342 e. The van der Waals surface area contributed by atoms with Crippen molar-refractivity contribution in [3.63, 3.8) is 0 Å². The van der Waals surface area contributed by atoms with Gasteiger partial charge in [0.2, 0.25) is 5.91 Å². The van der Waals surface area contributed by atoms with E-state index in [2.05, 4.69) is 20.8 Å². The summed E-state index contributed by atoms with van der Waals surface area (Å²) in [6.07, 6.45) is 0. The summed E-state index contributed by atoms with van der Waals surface area (Å²) in [7, 11) is 1.79. The van der Waals surface area contributed by atoms with E-state index in [1.807, 2.05) is 42.5 Å². The fourth-order valence-corrected chi connectivity index (χ4v) is 4.70. The van der Waals surface area contributed by atoms with Gasteiger partial charge in [0.15, 0.2) is 11.0 Å². The van der Waals surface area contributed by atoms with Crippen LogP contribution in [-0.4, -0.2) is 32.3 Å². The van der Waals surface area contributed by atoms with Gasteiger partial charge in [-0.25, -0.2) is 0 Å². The van der Waals surface area contributed by atoms with E-state index in [4.69, 9.17) is 23.2 Å². The Bertz CT molecular complexity index is 1370. The molecular weight excluding hydrogens is 493 g/mol. The molecule has 0 saturated carbocycles. The lowest BCUT2D eigenvalue weighted by Gasteiger charge is -2.14. The van der Waals surface area contributed by atoms with Gasteiger partial charge in [0.05, 0.1) is 22.4 Å². The van der Waals surface area contributed by atoms with Gasteiger partial charge in [-0.3, -0.25) is 9.59 Å². The summed E-state index contributed by atoms with van der Waals surface area (Å²) in [5.74, 6) is 0.219. The van der Waals surface area contributed by atoms with Crippen LogP contribution in [0.2, 0.25) is 10.0 Å². The number of aromatic nitrogens is 3. The van der Waals surface area contributed by atoms with Gasteiger partial charge >= 0.3 is 0 Å². The van der Waals surface area contributed by atoms with Gasteiger partial charge in [0.25, 0.3) is 5.91 Å². The first-order valence-corrected chi connectivity index (χ1v) is 12.1. The number of nitrogens with one attached hydrogen (secondary N) is 2. The summed E-state index contributed by atoms with van der Waals surface area (Å²) < 4.78 is 1.75. The molecule has 34 heavy (non-hydrogen) atoms. The highest BCUT2D eigenvalue weighted by atomic mass is 35.5. The maximum absolute atomic E-state index is 12.6. The Morgan fingerprint density at radius 3 is 2.62 bits per heavy atom. The second-order valence-electron chi connectivity index (χ2n) is 7.58. The molecule has 0 radical (unpaired) electrons. The molecule has 0 aliphatic carbocycles. The van der Waals surface area contributed by atoms with Crippen LogP contribution >= 0.6 is 35.0 Å². The standard InChI is InChI=1S/C24H21Cl2N5O2S/c1-14(27-23(33)18-11-10-16(25)12-19(18)26)22-29-30-24(31(22)2)34-13-21(32)28-20-9-5-7-15-6-3-4-8-17(15)20/h3-12,14H,13H2,1-2H3,(H,27,33)(H,28,32)/t14-/m0/s1. The zero-order valence-corrected chi connectivity index (χ0v) is 20.7. The average Bonchev–Trinajstić information content (AvgIpc) is 3.18. The van der Waals surface area contributed by atoms with Crippen LogP contribution in [0.1, 0.15) is 29.1 Å². The predicted molar refractivity (Wildman–Crippen MR) is 137 cm³/mol. The molecule has 4 aromatic rings. The number of amides is 2. The molecule has 1 heterocycles. The highest BCUT2D eigenvalue weighted by Crippen LogP contribution is 2.25. The number of fused-ring (bicyclic) bond motifs is 1. The molecular formula is C24H21Cl2N5O2S. The van der Waals surface area contributed by atoms with Crippen molar-refractivity contribution in [3.05, 3.63) is 82.1 Å². The molecule has 0 spiro atoms. The first kappa shape index (κ1) is 24.1. The first-order chi connectivity index (χ1) is 16.3. The number of carbonyl (C=O) groups is 2. The number of carbonyl (C=O) groups excluding carboxylic acids is 2. The molecule has 0 aliphatic rings. The molecule has 0 saturated heterocycles. The molecule has 1 atom stereocenters. The smallest absolute Gasteiger partial charge is 0.253 e. The Labute approximate surface area is 210 Å². The maximum atomic E-state index is 12.6. The fourth-order valence-electron chi connectivity index (χ4n) is 3.49. The van der Waals surface area contributed by atoms with Crippen molar-refractivity contribution in [2.45, 2.75) is 18.1 Å². The average molecular weight is 514 g/mol. The predicted octanol–water partition coefficient (Wildman–Crippen LogP) is 5.50. The van der Waals surface area contributed by atoms with Gasteiger partial charge in [0, 0.05) is 23.1 Å². The largest absolute Gasteiger partial charge is 0.342 e. The number of halogens is 2. The van der Waals surface area contributed by atoms with Crippen LogP contribution in [0, 0.1) is 0 Å². The van der Waals surface area contributed by atoms with E-state index in [0.717, 1.165) is 16.5 Å². The molecule has 0 unspecified atom stereocenters. The normalized spacial score (nSPS) is 11.9. The van der Waals surface area contributed by atoms with E-state index in [9.17, 15) is 9.59 Å². The summed E-state index contributed by atoms with van der Waals surface area (Å²) in [6.45, 7) is 1.80. The summed E-state index contributed by atoms with van der Waals surface area (Å²) in [4.78, 5) is 25.2. The zero-order chi connectivity index (χ0) is 24.2. The number of benzene rings is 3. The van der Waals surface area contributed by atoms with E-state index in [1.165, 1.54) is 17.8 Å². The Kier molecular flexibility index (Phi) is 7.41. The van der Waals surface area contributed by atoms with Crippen molar-refractivity contribution in [1.29, 1.82) is 0 Å². The minimum atomic E-state index is -0.435. The van der Waals surface area contributed by atoms with E-state index in [-0.39, 0.29) is 22.6 Å². The van der Waals surface area contributed by atoms with Gasteiger partial charge in [-0.2, -0.15) is 0 Å². The van der Waals surface area contributed by atoms with Gasteiger partial charge < -0.3 is 15.2 Å². The highest BCUT2D eigenvalue weighted by molar-refractivity contribution is 7.99. The number of anilines is 1. The molecule has 7 nitrogen and oxygen atoms in total. The summed E-state index contributed by atoms with van der Waals surface area (Å²) in [5.41, 5.74) is 1.08. The summed E-state index contributed by atoms with van der Waals surface area (Å²) in [6, 6.07) is 17.9. The van der Waals surface area contributed by atoms with Crippen LogP contribution in [0.15, 0.2) is 65.8 Å². The van der Waals surface area contributed by atoms with Crippen molar-refractivity contribution in [2.24, 2.45) is 7.05 Å². The fraction of sp³-hybridized carbons (Fsp3) is 0.167. The Hall–Kier alpha value is -3.07. The number of hydrogen-bond acceptors (Lipinski definition) is 5. The number of hydrogen-bond donors (Lipinski definition) is 2. The molecule has 0 aliphatic heterocycles. The molecule has 10 heteroatoms. The third-order valence-corrected chi connectivity index (χ3v) is 6.74. The number of rotatable bonds is 7. The van der Waals surface area contributed by atoms with Gasteiger partial charge in [-0.1, -0.05) is 71.4 Å². The van der Waals surface area contributed by atoms with E-state index < -0.39 is 6.04 Å². The lowest BCUT2D eigenvalue weighted by Crippen LogP contribution is -2.28. The molecule has 174 valence electrons. The molecule has 0 bridgehead atoms. The third kappa shape index (κ3) is 5.35. The Morgan fingerprint density at radius 2 is 1.82 bits per heavy atom. The van der Waals surface area contributed by atoms with Crippen LogP contribution in [0.3, 0.4) is 0 Å². The van der Waals surface area contributed by atoms with E-state index >= 15 is 0 Å². The molecule has 3 aromatic carbocycles. The topological polar surface area (TPSA) is 88.9 Å². The van der Waals surface area contributed by atoms with Crippen LogP contribution < -0.4 is 10.6 Å². The minimum absolute atomic E-state index is 0.148. The lowest BCUT2D eigenvalue weighted by atomic mass is 10.1. The Balaban J connectivity index is 1.38.